The molecule has 0 N–H and O–H groups in total. The van der Waals surface area contributed by atoms with E-state index in [1.54, 1.807) is 29.9 Å². The average Bonchev–Trinajstić information content (AvgIpc) is 3.56. The van der Waals surface area contributed by atoms with E-state index in [1.165, 1.54) is 32.0 Å². The highest BCUT2D eigenvalue weighted by atomic mass is 35.5. The molecule has 0 radical (unpaired) electrons. The Labute approximate surface area is 245 Å². The summed E-state index contributed by atoms with van der Waals surface area (Å²) < 4.78 is 45.2. The summed E-state index contributed by atoms with van der Waals surface area (Å²) in [6.45, 7) is 5.41. The van der Waals surface area contributed by atoms with E-state index < -0.39 is 23.6 Å². The maximum Gasteiger partial charge on any atom is 0.332 e. The molecular formula is C27H32Cl2F2N6O4. The van der Waals surface area contributed by atoms with Crippen LogP contribution in [-0.4, -0.2) is 53.4 Å². The van der Waals surface area contributed by atoms with Crippen LogP contribution in [0.3, 0.4) is 0 Å². The number of hydrogen-bond acceptors (Lipinski definition) is 6. The summed E-state index contributed by atoms with van der Waals surface area (Å²) >= 11 is 11.8. The van der Waals surface area contributed by atoms with Gasteiger partial charge in [-0.1, -0.05) is 25.1 Å². The smallest absolute Gasteiger partial charge is 0.332 e. The number of halogens is 4. The molecule has 0 atom stereocenters. The molecule has 0 spiro atoms. The quantitative estimate of drug-likeness (QED) is 0.150. The Kier molecular flexibility index (Phi) is 10.0. The third-order valence-electron chi connectivity index (χ3n) is 6.38. The Morgan fingerprint density at radius 1 is 1.07 bits per heavy atom. The molecule has 1 aromatic carbocycles. The summed E-state index contributed by atoms with van der Waals surface area (Å²) in [6, 6.07) is 6.12. The van der Waals surface area contributed by atoms with E-state index in [0.29, 0.717) is 17.5 Å². The fourth-order valence-electron chi connectivity index (χ4n) is 4.56. The zero-order valence-electron chi connectivity index (χ0n) is 23.0. The van der Waals surface area contributed by atoms with Crippen LogP contribution >= 0.6 is 23.2 Å². The van der Waals surface area contributed by atoms with E-state index in [1.807, 2.05) is 6.92 Å². The van der Waals surface area contributed by atoms with Gasteiger partial charge in [0, 0.05) is 43.5 Å². The summed E-state index contributed by atoms with van der Waals surface area (Å²) in [5, 5.41) is 4.40. The Bertz CT molecular complexity index is 1600. The normalized spacial score (nSPS) is 12.2. The molecule has 0 fully saturated rings. The topological polar surface area (TPSA) is 98.1 Å². The minimum absolute atomic E-state index is 0.0965. The lowest BCUT2D eigenvalue weighted by Crippen LogP contribution is -2.40. The first kappa shape index (κ1) is 30.9. The molecule has 0 amide bonds. The first-order valence-corrected chi connectivity index (χ1v) is 14.3. The Balaban J connectivity index is 1.90. The van der Waals surface area contributed by atoms with Crippen molar-refractivity contribution >= 4 is 34.4 Å². The van der Waals surface area contributed by atoms with Crippen LogP contribution in [0.1, 0.15) is 44.7 Å². The number of aryl methyl sites for hydroxylation is 1. The number of alkyl halides is 4. The first-order chi connectivity index (χ1) is 19.6. The molecule has 0 bridgehead atoms. The van der Waals surface area contributed by atoms with E-state index in [2.05, 4.69) is 5.10 Å². The van der Waals surface area contributed by atoms with Crippen LogP contribution in [0.15, 0.2) is 46.2 Å². The number of aromatic nitrogens is 6. The molecule has 0 aliphatic rings. The van der Waals surface area contributed by atoms with Crippen molar-refractivity contribution in [3.8, 4) is 11.4 Å². The predicted octanol–water partition coefficient (Wildman–Crippen LogP) is 4.78. The van der Waals surface area contributed by atoms with Gasteiger partial charge in [-0.3, -0.25) is 23.2 Å². The minimum Gasteiger partial charge on any atom is -0.334 e. The monoisotopic (exact) mass is 612 g/mol. The van der Waals surface area contributed by atoms with Gasteiger partial charge in [0.15, 0.2) is 11.2 Å². The molecule has 4 rings (SSSR count). The summed E-state index contributed by atoms with van der Waals surface area (Å²) in [5.74, 6) is -2.38. The SMILES string of the molecule is CCCn1c(=O)c2c(nc(-c3cnn(Cc4cccc(C(C)(F)F)c4)c3)n2C(OCCCl)OCCCl)n(CC)c1=O. The second-order valence-corrected chi connectivity index (χ2v) is 10.2. The van der Waals surface area contributed by atoms with Crippen molar-refractivity contribution in [2.45, 2.75) is 59.2 Å². The van der Waals surface area contributed by atoms with Crippen molar-refractivity contribution in [2.24, 2.45) is 0 Å². The number of benzene rings is 1. The number of imidazole rings is 1. The van der Waals surface area contributed by atoms with Crippen LogP contribution < -0.4 is 11.2 Å². The average molecular weight is 613 g/mol. The molecule has 10 nitrogen and oxygen atoms in total. The van der Waals surface area contributed by atoms with Gasteiger partial charge in [0.25, 0.3) is 11.5 Å². The van der Waals surface area contributed by atoms with Crippen LogP contribution in [0.5, 0.6) is 0 Å². The fourth-order valence-corrected chi connectivity index (χ4v) is 4.73. The van der Waals surface area contributed by atoms with E-state index in [4.69, 9.17) is 37.7 Å². The molecule has 0 saturated heterocycles. The number of fused-ring (bicyclic) bond motifs is 1. The van der Waals surface area contributed by atoms with Gasteiger partial charge >= 0.3 is 5.69 Å². The van der Waals surface area contributed by atoms with Gasteiger partial charge < -0.3 is 9.47 Å². The Hall–Kier alpha value is -3.06. The highest BCUT2D eigenvalue weighted by molar-refractivity contribution is 6.18. The standard InChI is InChI=1S/C27H32Cl2F2N6O4/c1-4-11-36-24(38)21-23(35(5-2)25(36)39)33-22(37(21)26(40-12-9-28)41-13-10-29)19-15-32-34(17-19)16-18-7-6-8-20(14-18)27(3,30)31/h6-8,14-15,17,26H,4-5,9-13,16H2,1-3H3. The zero-order valence-corrected chi connectivity index (χ0v) is 24.5. The van der Waals surface area contributed by atoms with Gasteiger partial charge in [0.05, 0.1) is 31.5 Å². The lowest BCUT2D eigenvalue weighted by atomic mass is 10.1. The van der Waals surface area contributed by atoms with Crippen molar-refractivity contribution < 1.29 is 18.3 Å². The summed E-state index contributed by atoms with van der Waals surface area (Å²) in [5.41, 5.74) is 0.312. The Morgan fingerprint density at radius 2 is 1.78 bits per heavy atom. The van der Waals surface area contributed by atoms with Gasteiger partial charge in [-0.15, -0.1) is 23.2 Å². The molecule has 0 aliphatic carbocycles. The minimum atomic E-state index is -2.98. The van der Waals surface area contributed by atoms with E-state index >= 15 is 0 Å². The molecule has 0 aliphatic heterocycles. The number of rotatable bonds is 14. The van der Waals surface area contributed by atoms with Crippen molar-refractivity contribution in [1.82, 2.24) is 28.5 Å². The Morgan fingerprint density at radius 3 is 2.39 bits per heavy atom. The highest BCUT2D eigenvalue weighted by Crippen LogP contribution is 2.29. The van der Waals surface area contributed by atoms with Crippen LogP contribution in [0.2, 0.25) is 0 Å². The zero-order chi connectivity index (χ0) is 29.7. The molecule has 14 heteroatoms. The molecular weight excluding hydrogens is 581 g/mol. The maximum atomic E-state index is 13.9. The maximum absolute atomic E-state index is 13.9. The highest BCUT2D eigenvalue weighted by Gasteiger charge is 2.28. The molecule has 3 heterocycles. The third kappa shape index (κ3) is 6.56. The lowest BCUT2D eigenvalue weighted by Gasteiger charge is -2.21. The van der Waals surface area contributed by atoms with Crippen LogP contribution in [-0.2, 0) is 35.0 Å². The number of ether oxygens (including phenoxy) is 2. The number of hydrogen-bond donors (Lipinski definition) is 0. The fraction of sp³-hybridized carbons (Fsp3) is 0.481. The van der Waals surface area contributed by atoms with Crippen LogP contribution in [0.25, 0.3) is 22.6 Å². The molecule has 3 aromatic heterocycles. The summed E-state index contributed by atoms with van der Waals surface area (Å²) in [4.78, 5) is 31.7. The predicted molar refractivity (Wildman–Crippen MR) is 153 cm³/mol. The first-order valence-electron chi connectivity index (χ1n) is 13.2. The lowest BCUT2D eigenvalue weighted by molar-refractivity contribution is -0.182. The molecule has 222 valence electrons. The number of nitrogens with zero attached hydrogens (tertiary/aromatic N) is 6. The second kappa shape index (κ2) is 13.3. The largest absolute Gasteiger partial charge is 0.334 e. The molecule has 41 heavy (non-hydrogen) atoms. The van der Waals surface area contributed by atoms with E-state index in [-0.39, 0.29) is 67.2 Å². The molecule has 0 unspecified atom stereocenters. The van der Waals surface area contributed by atoms with Gasteiger partial charge in [-0.25, -0.2) is 18.6 Å². The van der Waals surface area contributed by atoms with Crippen LogP contribution in [0, 0.1) is 0 Å². The van der Waals surface area contributed by atoms with E-state index in [9.17, 15) is 18.4 Å². The third-order valence-corrected chi connectivity index (χ3v) is 6.69. The van der Waals surface area contributed by atoms with Gasteiger partial charge in [0.1, 0.15) is 5.82 Å². The molecule has 4 aromatic rings. The summed E-state index contributed by atoms with van der Waals surface area (Å²) in [6.07, 6.45) is 2.64. The molecule has 0 saturated carbocycles. The van der Waals surface area contributed by atoms with Crippen molar-refractivity contribution in [2.75, 3.05) is 25.0 Å². The van der Waals surface area contributed by atoms with E-state index in [0.717, 1.165) is 6.92 Å². The van der Waals surface area contributed by atoms with Gasteiger partial charge in [0.2, 0.25) is 6.41 Å². The van der Waals surface area contributed by atoms with Crippen molar-refractivity contribution in [1.29, 1.82) is 0 Å². The second-order valence-electron chi connectivity index (χ2n) is 9.40. The van der Waals surface area contributed by atoms with Gasteiger partial charge in [-0.05, 0) is 25.0 Å². The summed E-state index contributed by atoms with van der Waals surface area (Å²) in [7, 11) is 0. The van der Waals surface area contributed by atoms with Gasteiger partial charge in [-0.2, -0.15) is 5.10 Å². The van der Waals surface area contributed by atoms with Crippen LogP contribution in [0.4, 0.5) is 8.78 Å². The van der Waals surface area contributed by atoms with Crippen molar-refractivity contribution in [3.05, 3.63) is 68.6 Å². The van der Waals surface area contributed by atoms with Crippen molar-refractivity contribution in [3.63, 3.8) is 0 Å².